The predicted molar refractivity (Wildman–Crippen MR) is 294 cm³/mol. The van der Waals surface area contributed by atoms with Crippen LogP contribution in [0.15, 0.2) is 108 Å². The molecule has 1 amide bonds. The average Bonchev–Trinajstić information content (AvgIpc) is 3.92. The molecule has 400 valence electrons. The fourth-order valence-corrected chi connectivity index (χ4v) is 13.9. The second-order valence-electron chi connectivity index (χ2n) is 22.9. The molecule has 11 rings (SSSR count). The summed E-state index contributed by atoms with van der Waals surface area (Å²) < 4.78 is 41.8. The molecule has 5 aliphatic rings. The summed E-state index contributed by atoms with van der Waals surface area (Å²) in [6, 6.07) is 28.9. The van der Waals surface area contributed by atoms with Gasteiger partial charge in [-0.2, -0.15) is 0 Å². The first-order valence-corrected chi connectivity index (χ1v) is 28.6. The van der Waals surface area contributed by atoms with Gasteiger partial charge >= 0.3 is 0 Å². The first-order valence-electron chi connectivity index (χ1n) is 27.1. The number of piperazine rings is 1. The average molecular weight is 1050 g/mol. The molecule has 2 aromatic heterocycles. The van der Waals surface area contributed by atoms with Crippen molar-refractivity contribution in [2.45, 2.75) is 113 Å². The van der Waals surface area contributed by atoms with Gasteiger partial charge < -0.3 is 29.8 Å². The number of hydrogen-bond donors (Lipinski definition) is 4. The zero-order chi connectivity index (χ0) is 52.9. The number of aromatic nitrogens is 2. The van der Waals surface area contributed by atoms with Crippen LogP contribution in [0.5, 0.6) is 17.2 Å². The number of pyridine rings is 1. The van der Waals surface area contributed by atoms with Crippen LogP contribution in [-0.2, 0) is 16.4 Å². The van der Waals surface area contributed by atoms with Crippen molar-refractivity contribution in [1.82, 2.24) is 24.5 Å². The number of methoxy groups -OCH3 is 1. The summed E-state index contributed by atoms with van der Waals surface area (Å²) in [6.45, 7) is 12.7. The Morgan fingerprint density at radius 3 is 2.47 bits per heavy atom. The van der Waals surface area contributed by atoms with Crippen LogP contribution in [0.3, 0.4) is 0 Å². The summed E-state index contributed by atoms with van der Waals surface area (Å²) in [7, 11) is -2.85. The Morgan fingerprint density at radius 2 is 1.72 bits per heavy atom. The zero-order valence-electron chi connectivity index (χ0n) is 44.0. The summed E-state index contributed by atoms with van der Waals surface area (Å²) in [5.41, 5.74) is 6.53. The highest BCUT2D eigenvalue weighted by Crippen LogP contribution is 2.54. The molecule has 2 saturated carbocycles. The number of carbonyl (C=O) groups excluding carboxylic acids is 1. The van der Waals surface area contributed by atoms with Crippen LogP contribution in [0.4, 0.5) is 17.1 Å². The lowest BCUT2D eigenvalue weighted by Gasteiger charge is -2.58. The van der Waals surface area contributed by atoms with E-state index in [9.17, 15) is 28.4 Å². The third-order valence-electron chi connectivity index (χ3n) is 17.5. The maximum atomic E-state index is 14.1. The summed E-state index contributed by atoms with van der Waals surface area (Å²) in [5.74, 6) is 1.67. The molecule has 2 atom stereocenters. The number of nitrogens with zero attached hydrogens (tertiary/aromatic N) is 5. The van der Waals surface area contributed by atoms with Gasteiger partial charge in [0.1, 0.15) is 28.6 Å². The number of amides is 1. The van der Waals surface area contributed by atoms with Gasteiger partial charge in [0.2, 0.25) is 0 Å². The highest BCUT2D eigenvalue weighted by molar-refractivity contribution is 7.90. The number of benzene rings is 4. The maximum Gasteiger partial charge on any atom is 0.293 e. The molecule has 2 saturated heterocycles. The molecule has 4 fully saturated rings. The topological polar surface area (TPSA) is 195 Å². The van der Waals surface area contributed by atoms with Gasteiger partial charge in [0.25, 0.3) is 21.6 Å². The van der Waals surface area contributed by atoms with Gasteiger partial charge in [-0.1, -0.05) is 44.2 Å². The monoisotopic (exact) mass is 1050 g/mol. The largest absolute Gasteiger partial charge is 0.497 e. The molecule has 1 spiro atoms. The molecule has 6 aromatic rings. The highest BCUT2D eigenvalue weighted by Gasteiger charge is 2.50. The van der Waals surface area contributed by atoms with E-state index in [0.29, 0.717) is 54.7 Å². The third kappa shape index (κ3) is 10.6. The van der Waals surface area contributed by atoms with Gasteiger partial charge in [0.15, 0.2) is 0 Å². The number of hydrogen-bond acceptors (Lipinski definition) is 13. The second kappa shape index (κ2) is 20.8. The first kappa shape index (κ1) is 51.6. The fraction of sp³-hybridized carbons (Fsp3) is 0.458. The number of aromatic amines is 1. The van der Waals surface area contributed by atoms with Crippen molar-refractivity contribution in [1.29, 1.82) is 0 Å². The fourth-order valence-electron chi connectivity index (χ4n) is 13.0. The number of ether oxygens (including phenoxy) is 2. The number of nitro benzene ring substituents is 1. The molecule has 17 heteroatoms. The Kier molecular flexibility index (Phi) is 14.1. The van der Waals surface area contributed by atoms with E-state index in [1.165, 1.54) is 34.4 Å². The summed E-state index contributed by atoms with van der Waals surface area (Å²) in [5, 5.41) is 26.5. The Hall–Kier alpha value is -6.53. The number of carbonyl (C=O) groups is 1. The smallest absolute Gasteiger partial charge is 0.293 e. The standard InChI is InChI=1S/C59H70N8O8S/c1-38(2)48-7-5-6-8-50(48)54-37-64(36-42-27-41-29-45(74-4)10-13-49(41)42)25-26-66(54)44-32-59(33-44)20-23-65(24-21-59)43-9-12-51(55(30-43)75-46-28-40-17-22-60-56(40)62-35-46)57(68)63-76(72,73)47-11-14-52(53(31-47)67(70)71)61-34-39-15-18-58(3,69)19-16-39/h5-14,17,22,28-31,35,38-39,42,44,54,61,69H,15-16,18-21,23-27,32-34,36-37H2,1-4H3,(H,60,62)(H,63,68)/t39?,42?,54-,58?/m0/s1. The lowest BCUT2D eigenvalue weighted by Crippen LogP contribution is -2.60. The van der Waals surface area contributed by atoms with Crippen molar-refractivity contribution >= 4 is 44.0 Å². The van der Waals surface area contributed by atoms with Gasteiger partial charge in [-0.15, -0.1) is 0 Å². The van der Waals surface area contributed by atoms with E-state index in [2.05, 4.69) is 91.0 Å². The maximum absolute atomic E-state index is 14.1. The van der Waals surface area contributed by atoms with Crippen LogP contribution in [0.25, 0.3) is 11.0 Å². The molecule has 1 unspecified atom stereocenters. The van der Waals surface area contributed by atoms with E-state index in [1.54, 1.807) is 37.7 Å². The van der Waals surface area contributed by atoms with Crippen LogP contribution >= 0.6 is 0 Å². The lowest BCUT2D eigenvalue weighted by molar-refractivity contribution is -0.384. The van der Waals surface area contributed by atoms with Crippen LogP contribution in [-0.4, -0.2) is 109 Å². The quantitative estimate of drug-likeness (QED) is 0.0529. The number of nitrogens with one attached hydrogen (secondary N) is 3. The Bertz CT molecular complexity index is 3240. The molecule has 16 nitrogen and oxygen atoms in total. The van der Waals surface area contributed by atoms with E-state index < -0.39 is 37.0 Å². The molecule has 4 heterocycles. The SMILES string of the molecule is COc1ccc2c(c1)CC2CN1CCN(C2CC3(CCN(c4ccc(C(=O)NS(=O)(=O)c5ccc(NCC6CCC(C)(O)CC6)c([N+](=O)[O-])c5)c(Oc5cnc6[nH]ccc6c5)c4)CC3)C2)[C@H](c2ccccc2C(C)C)C1. The third-order valence-corrected chi connectivity index (χ3v) is 18.8. The predicted octanol–water partition coefficient (Wildman–Crippen LogP) is 10.3. The van der Waals surface area contributed by atoms with E-state index in [0.717, 1.165) is 107 Å². The molecule has 2 aliphatic heterocycles. The molecular formula is C59H70N8O8S. The molecule has 4 N–H and O–H groups in total. The first-order chi connectivity index (χ1) is 36.5. The second-order valence-corrected chi connectivity index (χ2v) is 24.6. The number of H-pyrrole nitrogens is 1. The molecule has 0 radical (unpaired) electrons. The van der Waals surface area contributed by atoms with Gasteiger partial charge in [-0.3, -0.25) is 24.7 Å². The Balaban J connectivity index is 0.772. The minimum Gasteiger partial charge on any atom is -0.497 e. The summed E-state index contributed by atoms with van der Waals surface area (Å²) >= 11 is 0. The van der Waals surface area contributed by atoms with Crippen molar-refractivity contribution in [3.05, 3.63) is 141 Å². The van der Waals surface area contributed by atoms with Gasteiger partial charge in [-0.05, 0) is 153 Å². The van der Waals surface area contributed by atoms with Crippen LogP contribution < -0.4 is 24.4 Å². The molecule has 3 aliphatic carbocycles. The van der Waals surface area contributed by atoms with E-state index in [-0.39, 0.29) is 28.3 Å². The lowest BCUT2D eigenvalue weighted by atomic mass is 9.59. The van der Waals surface area contributed by atoms with Crippen molar-refractivity contribution in [2.24, 2.45) is 11.3 Å². The van der Waals surface area contributed by atoms with Crippen molar-refractivity contribution in [2.75, 3.05) is 63.1 Å². The zero-order valence-corrected chi connectivity index (χ0v) is 44.8. The summed E-state index contributed by atoms with van der Waals surface area (Å²) in [4.78, 5) is 40.7. The number of anilines is 2. The van der Waals surface area contributed by atoms with Crippen molar-refractivity contribution < 1.29 is 32.7 Å². The molecule has 76 heavy (non-hydrogen) atoms. The molecular weight excluding hydrogens is 981 g/mol. The Labute approximate surface area is 445 Å². The number of nitro groups is 1. The number of rotatable bonds is 16. The number of fused-ring (bicyclic) bond motifs is 2. The van der Waals surface area contributed by atoms with Crippen molar-refractivity contribution in [3.63, 3.8) is 0 Å². The van der Waals surface area contributed by atoms with E-state index in [1.807, 2.05) is 19.1 Å². The molecule has 4 aromatic carbocycles. The van der Waals surface area contributed by atoms with Crippen LogP contribution in [0.1, 0.15) is 123 Å². The van der Waals surface area contributed by atoms with E-state index >= 15 is 0 Å². The van der Waals surface area contributed by atoms with Gasteiger partial charge in [0, 0.05) is 93.2 Å². The number of piperidine rings is 1. The Morgan fingerprint density at radius 1 is 0.934 bits per heavy atom. The molecule has 0 bridgehead atoms. The van der Waals surface area contributed by atoms with Gasteiger partial charge in [0.05, 0.1) is 34.3 Å². The summed E-state index contributed by atoms with van der Waals surface area (Å²) in [6.07, 6.45) is 11.6. The normalized spacial score (nSPS) is 22.9. The highest BCUT2D eigenvalue weighted by atomic mass is 32.2. The van der Waals surface area contributed by atoms with E-state index in [4.69, 9.17) is 9.47 Å². The van der Waals surface area contributed by atoms with Crippen molar-refractivity contribution in [3.8, 4) is 17.2 Å². The van der Waals surface area contributed by atoms with Gasteiger partial charge in [-0.25, -0.2) is 18.1 Å². The van der Waals surface area contributed by atoms with Crippen LogP contribution in [0.2, 0.25) is 0 Å². The van der Waals surface area contributed by atoms with Crippen LogP contribution in [0, 0.1) is 21.4 Å². The number of sulfonamides is 1. The minimum absolute atomic E-state index is 0.0251. The number of aliphatic hydroxyl groups is 1. The minimum atomic E-state index is -4.59.